The molecule has 30 heavy (non-hydrogen) atoms. The van der Waals surface area contributed by atoms with Gasteiger partial charge in [-0.25, -0.2) is 4.79 Å². The summed E-state index contributed by atoms with van der Waals surface area (Å²) in [6.45, 7) is 8.89. The number of hydrogen-bond donors (Lipinski definition) is 1. The van der Waals surface area contributed by atoms with Gasteiger partial charge in [0.05, 0.1) is 6.54 Å². The zero-order valence-electron chi connectivity index (χ0n) is 18.1. The van der Waals surface area contributed by atoms with Crippen molar-refractivity contribution < 1.29 is 14.4 Å². The van der Waals surface area contributed by atoms with Gasteiger partial charge in [0.1, 0.15) is 5.54 Å². The Morgan fingerprint density at radius 2 is 1.93 bits per heavy atom. The highest BCUT2D eigenvalue weighted by Crippen LogP contribution is 2.41. The maximum atomic E-state index is 13.3. The summed E-state index contributed by atoms with van der Waals surface area (Å²) in [7, 11) is 0. The number of aryl methyl sites for hydroxylation is 2. The van der Waals surface area contributed by atoms with E-state index in [1.54, 1.807) is 0 Å². The number of nitrogens with zero attached hydrogens (tertiary/aromatic N) is 2. The zero-order chi connectivity index (χ0) is 21.6. The van der Waals surface area contributed by atoms with Crippen molar-refractivity contribution in [1.29, 1.82) is 0 Å². The lowest BCUT2D eigenvalue weighted by Gasteiger charge is -2.22. The molecule has 1 aromatic heterocycles. The lowest BCUT2D eigenvalue weighted by atomic mass is 9.92. The minimum Gasteiger partial charge on any atom is -0.348 e. The fraction of sp³-hybridized carbons (Fsp3) is 0.458. The molecule has 0 radical (unpaired) electrons. The predicted molar refractivity (Wildman–Crippen MR) is 114 cm³/mol. The molecular weight excluding hydrogens is 378 g/mol. The summed E-state index contributed by atoms with van der Waals surface area (Å²) in [5, 5.41) is 2.89. The Morgan fingerprint density at radius 3 is 2.67 bits per heavy atom. The zero-order valence-corrected chi connectivity index (χ0v) is 18.1. The highest BCUT2D eigenvalue weighted by atomic mass is 16.2. The second-order valence-corrected chi connectivity index (χ2v) is 8.93. The monoisotopic (exact) mass is 407 g/mol. The minimum atomic E-state index is -1.03. The molecule has 158 valence electrons. The van der Waals surface area contributed by atoms with Crippen LogP contribution in [-0.2, 0) is 23.3 Å². The van der Waals surface area contributed by atoms with Crippen LogP contribution in [0.25, 0.3) is 0 Å². The number of benzene rings is 1. The van der Waals surface area contributed by atoms with E-state index in [4.69, 9.17) is 0 Å². The second kappa shape index (κ2) is 7.42. The Morgan fingerprint density at radius 1 is 1.20 bits per heavy atom. The van der Waals surface area contributed by atoms with Gasteiger partial charge >= 0.3 is 6.03 Å². The highest BCUT2D eigenvalue weighted by Gasteiger charge is 2.55. The van der Waals surface area contributed by atoms with E-state index < -0.39 is 11.6 Å². The molecule has 2 aromatic rings. The number of hydrogen-bond acceptors (Lipinski definition) is 3. The number of amides is 3. The molecule has 4 rings (SSSR count). The largest absolute Gasteiger partial charge is 0.348 e. The van der Waals surface area contributed by atoms with Crippen LogP contribution in [0.4, 0.5) is 4.79 Å². The molecule has 1 spiro atoms. The lowest BCUT2D eigenvalue weighted by Crippen LogP contribution is -2.42. The number of imide groups is 1. The summed E-state index contributed by atoms with van der Waals surface area (Å²) in [4.78, 5) is 40.1. The van der Waals surface area contributed by atoms with E-state index in [9.17, 15) is 14.4 Å². The van der Waals surface area contributed by atoms with Crippen LogP contribution in [0.15, 0.2) is 30.3 Å². The third-order valence-corrected chi connectivity index (χ3v) is 6.53. The first-order chi connectivity index (χ1) is 14.2. The van der Waals surface area contributed by atoms with Crippen molar-refractivity contribution in [2.24, 2.45) is 5.92 Å². The molecule has 0 saturated carbocycles. The third kappa shape index (κ3) is 3.15. The van der Waals surface area contributed by atoms with Crippen molar-refractivity contribution in [2.45, 2.75) is 59.0 Å². The SMILES string of the molecule is Cc1cc(C(=O)CN2C(=O)NC3(CCc4ccccc43)C2=O)c(C)n1CCC(C)C. The smallest absolute Gasteiger partial charge is 0.325 e. The van der Waals surface area contributed by atoms with Crippen LogP contribution in [0.1, 0.15) is 59.6 Å². The fourth-order valence-corrected chi connectivity index (χ4v) is 4.78. The topological polar surface area (TPSA) is 71.4 Å². The summed E-state index contributed by atoms with van der Waals surface area (Å²) in [6, 6.07) is 9.09. The molecule has 2 heterocycles. The molecule has 0 bridgehead atoms. The molecule has 6 nitrogen and oxygen atoms in total. The van der Waals surface area contributed by atoms with Crippen LogP contribution >= 0.6 is 0 Å². The fourth-order valence-electron chi connectivity index (χ4n) is 4.78. The third-order valence-electron chi connectivity index (χ3n) is 6.53. The van der Waals surface area contributed by atoms with Crippen LogP contribution in [-0.4, -0.2) is 33.7 Å². The highest BCUT2D eigenvalue weighted by molar-refractivity contribution is 6.12. The molecule has 3 amide bonds. The molecule has 1 N–H and O–H groups in total. The van der Waals surface area contributed by atoms with Crippen molar-refractivity contribution in [1.82, 2.24) is 14.8 Å². The predicted octanol–water partition coefficient (Wildman–Crippen LogP) is 3.73. The number of aromatic nitrogens is 1. The number of rotatable bonds is 6. The van der Waals surface area contributed by atoms with Crippen molar-refractivity contribution >= 4 is 17.7 Å². The first-order valence-corrected chi connectivity index (χ1v) is 10.7. The van der Waals surface area contributed by atoms with Gasteiger partial charge in [-0.15, -0.1) is 0 Å². The summed E-state index contributed by atoms with van der Waals surface area (Å²) in [6.07, 6.45) is 2.30. The first-order valence-electron chi connectivity index (χ1n) is 10.7. The summed E-state index contributed by atoms with van der Waals surface area (Å²) >= 11 is 0. The van der Waals surface area contributed by atoms with Gasteiger partial charge in [-0.2, -0.15) is 0 Å². The van der Waals surface area contributed by atoms with Gasteiger partial charge in [-0.3, -0.25) is 14.5 Å². The van der Waals surface area contributed by atoms with Gasteiger partial charge in [-0.1, -0.05) is 38.1 Å². The van der Waals surface area contributed by atoms with E-state index >= 15 is 0 Å². The molecule has 1 fully saturated rings. The Hall–Kier alpha value is -2.89. The van der Waals surface area contributed by atoms with Crippen LogP contribution < -0.4 is 5.32 Å². The van der Waals surface area contributed by atoms with Crippen molar-refractivity contribution in [3.05, 3.63) is 58.4 Å². The van der Waals surface area contributed by atoms with Crippen LogP contribution in [0.2, 0.25) is 0 Å². The number of Topliss-reactive ketones (excluding diaryl/α,β-unsaturated/α-hetero) is 1. The molecule has 2 aliphatic rings. The van der Waals surface area contributed by atoms with E-state index in [2.05, 4.69) is 23.7 Å². The number of carbonyl (C=O) groups is 3. The van der Waals surface area contributed by atoms with E-state index in [0.717, 1.165) is 46.8 Å². The molecule has 1 aromatic carbocycles. The number of ketones is 1. The van der Waals surface area contributed by atoms with E-state index in [-0.39, 0.29) is 18.2 Å². The Kier molecular flexibility index (Phi) is 5.04. The summed E-state index contributed by atoms with van der Waals surface area (Å²) < 4.78 is 2.15. The van der Waals surface area contributed by atoms with Gasteiger partial charge in [-0.05, 0) is 56.2 Å². The van der Waals surface area contributed by atoms with Gasteiger partial charge in [0.15, 0.2) is 5.78 Å². The van der Waals surface area contributed by atoms with Crippen LogP contribution in [0.3, 0.4) is 0 Å². The molecule has 6 heteroatoms. The van der Waals surface area contributed by atoms with Gasteiger partial charge in [0.2, 0.25) is 0 Å². The molecule has 1 unspecified atom stereocenters. The minimum absolute atomic E-state index is 0.203. The molecular formula is C24H29N3O3. The maximum Gasteiger partial charge on any atom is 0.325 e. The number of nitrogens with one attached hydrogen (secondary N) is 1. The molecule has 1 aliphatic carbocycles. The Bertz CT molecular complexity index is 1040. The van der Waals surface area contributed by atoms with Crippen LogP contribution in [0, 0.1) is 19.8 Å². The summed E-state index contributed by atoms with van der Waals surface area (Å²) in [5.41, 5.74) is 3.41. The normalized spacial score (nSPS) is 20.4. The number of urea groups is 1. The van der Waals surface area contributed by atoms with Crippen LogP contribution in [0.5, 0.6) is 0 Å². The van der Waals surface area contributed by atoms with Crippen molar-refractivity contribution in [3.8, 4) is 0 Å². The average Bonchev–Trinajstić information content (AvgIpc) is 3.29. The Balaban J connectivity index is 1.56. The van der Waals surface area contributed by atoms with Gasteiger partial charge < -0.3 is 9.88 Å². The second-order valence-electron chi connectivity index (χ2n) is 8.93. The lowest BCUT2D eigenvalue weighted by molar-refractivity contribution is -0.131. The molecule has 1 saturated heterocycles. The molecule has 1 aliphatic heterocycles. The standard InChI is InChI=1S/C24H29N3O3/c1-15(2)10-12-26-16(3)13-19(17(26)4)21(28)14-27-22(29)24(25-23(27)30)11-9-18-7-5-6-8-20(18)24/h5-8,13,15H,9-12,14H2,1-4H3,(H,25,30). The average molecular weight is 408 g/mol. The van der Waals surface area contributed by atoms with E-state index in [1.807, 2.05) is 44.2 Å². The van der Waals surface area contributed by atoms with E-state index in [0.29, 0.717) is 17.9 Å². The summed E-state index contributed by atoms with van der Waals surface area (Å²) in [5.74, 6) is 0.0480. The number of fused-ring (bicyclic) bond motifs is 2. The van der Waals surface area contributed by atoms with Gasteiger partial charge in [0, 0.05) is 23.5 Å². The maximum absolute atomic E-state index is 13.3. The molecule has 1 atom stereocenters. The van der Waals surface area contributed by atoms with E-state index in [1.165, 1.54) is 0 Å². The number of carbonyl (C=O) groups excluding carboxylic acids is 3. The quantitative estimate of drug-likeness (QED) is 0.586. The van der Waals surface area contributed by atoms with Gasteiger partial charge in [0.25, 0.3) is 5.91 Å². The van der Waals surface area contributed by atoms with Crippen molar-refractivity contribution in [2.75, 3.05) is 6.54 Å². The Labute approximate surface area is 177 Å². The van der Waals surface area contributed by atoms with Crippen molar-refractivity contribution in [3.63, 3.8) is 0 Å². The first kappa shape index (κ1) is 20.4.